The van der Waals surface area contributed by atoms with Crippen LogP contribution in [0.4, 0.5) is 0 Å². The SMILES string of the molecule is CC1CC(C(C)C)C(C)CC1=O. The summed E-state index contributed by atoms with van der Waals surface area (Å²) in [6.45, 7) is 8.82. The Morgan fingerprint density at radius 2 is 1.92 bits per heavy atom. The molecule has 3 atom stereocenters. The third-order valence-electron chi connectivity index (χ3n) is 3.29. The van der Waals surface area contributed by atoms with Gasteiger partial charge in [-0.3, -0.25) is 4.79 Å². The second kappa shape index (κ2) is 3.59. The van der Waals surface area contributed by atoms with Crippen molar-refractivity contribution in [2.75, 3.05) is 0 Å². The Morgan fingerprint density at radius 3 is 2.42 bits per heavy atom. The van der Waals surface area contributed by atoms with Gasteiger partial charge in [-0.15, -0.1) is 0 Å². The van der Waals surface area contributed by atoms with Crippen LogP contribution in [-0.2, 0) is 4.79 Å². The van der Waals surface area contributed by atoms with E-state index in [0.29, 0.717) is 17.6 Å². The highest BCUT2D eigenvalue weighted by molar-refractivity contribution is 5.81. The standard InChI is InChI=1S/C11H20O/c1-7(2)10-5-9(4)11(12)6-8(10)3/h7-10H,5-6H2,1-4H3. The van der Waals surface area contributed by atoms with Crippen molar-refractivity contribution < 1.29 is 4.79 Å². The monoisotopic (exact) mass is 168 g/mol. The highest BCUT2D eigenvalue weighted by atomic mass is 16.1. The number of hydrogen-bond acceptors (Lipinski definition) is 1. The van der Waals surface area contributed by atoms with Crippen LogP contribution in [-0.4, -0.2) is 5.78 Å². The van der Waals surface area contributed by atoms with Gasteiger partial charge in [0.15, 0.2) is 0 Å². The molecule has 1 fully saturated rings. The topological polar surface area (TPSA) is 17.1 Å². The van der Waals surface area contributed by atoms with Gasteiger partial charge >= 0.3 is 0 Å². The normalized spacial score (nSPS) is 37.4. The Bertz CT molecular complexity index is 172. The van der Waals surface area contributed by atoms with Gasteiger partial charge in [-0.1, -0.05) is 27.7 Å². The molecule has 0 aromatic carbocycles. The molecular weight excluding hydrogens is 148 g/mol. The van der Waals surface area contributed by atoms with Crippen molar-refractivity contribution in [1.82, 2.24) is 0 Å². The van der Waals surface area contributed by atoms with E-state index in [1.54, 1.807) is 0 Å². The molecule has 1 heteroatoms. The van der Waals surface area contributed by atoms with Crippen LogP contribution in [0.5, 0.6) is 0 Å². The molecule has 0 heterocycles. The molecule has 0 amide bonds. The Kier molecular flexibility index (Phi) is 2.92. The van der Waals surface area contributed by atoms with E-state index in [0.717, 1.165) is 24.7 Å². The van der Waals surface area contributed by atoms with Crippen LogP contribution >= 0.6 is 0 Å². The van der Waals surface area contributed by atoms with E-state index in [1.165, 1.54) is 0 Å². The van der Waals surface area contributed by atoms with Crippen LogP contribution in [0.15, 0.2) is 0 Å². The number of Topliss-reactive ketones (excluding diaryl/α,β-unsaturated/α-hetero) is 1. The predicted octanol–water partition coefficient (Wildman–Crippen LogP) is 2.89. The molecule has 0 bridgehead atoms. The number of carbonyl (C=O) groups excluding carboxylic acids is 1. The number of ketones is 1. The smallest absolute Gasteiger partial charge is 0.135 e. The molecule has 0 N–H and O–H groups in total. The molecule has 0 aromatic rings. The highest BCUT2D eigenvalue weighted by Gasteiger charge is 2.32. The molecule has 70 valence electrons. The van der Waals surface area contributed by atoms with E-state index in [2.05, 4.69) is 27.7 Å². The van der Waals surface area contributed by atoms with Crippen LogP contribution in [0, 0.1) is 23.7 Å². The van der Waals surface area contributed by atoms with E-state index in [-0.39, 0.29) is 0 Å². The molecule has 0 aromatic heterocycles. The van der Waals surface area contributed by atoms with Crippen LogP contribution in [0.25, 0.3) is 0 Å². The van der Waals surface area contributed by atoms with Crippen molar-refractivity contribution in [3.63, 3.8) is 0 Å². The van der Waals surface area contributed by atoms with Crippen molar-refractivity contribution in [1.29, 1.82) is 0 Å². The second-order valence-corrected chi connectivity index (χ2v) is 4.69. The van der Waals surface area contributed by atoms with Crippen LogP contribution in [0.3, 0.4) is 0 Å². The first-order chi connectivity index (χ1) is 5.52. The molecule has 1 aliphatic rings. The fraction of sp³-hybridized carbons (Fsp3) is 0.909. The molecule has 0 spiro atoms. The summed E-state index contributed by atoms with van der Waals surface area (Å²) >= 11 is 0. The van der Waals surface area contributed by atoms with Crippen molar-refractivity contribution in [2.24, 2.45) is 23.7 Å². The van der Waals surface area contributed by atoms with Gasteiger partial charge < -0.3 is 0 Å². The van der Waals surface area contributed by atoms with Crippen molar-refractivity contribution in [2.45, 2.75) is 40.5 Å². The van der Waals surface area contributed by atoms with Crippen LogP contribution in [0.1, 0.15) is 40.5 Å². The van der Waals surface area contributed by atoms with Gasteiger partial charge in [-0.05, 0) is 24.2 Å². The first kappa shape index (κ1) is 9.76. The molecular formula is C11H20O. The highest BCUT2D eigenvalue weighted by Crippen LogP contribution is 2.35. The lowest BCUT2D eigenvalue weighted by atomic mass is 9.70. The van der Waals surface area contributed by atoms with Gasteiger partial charge in [0.2, 0.25) is 0 Å². The minimum Gasteiger partial charge on any atom is -0.299 e. The van der Waals surface area contributed by atoms with Crippen molar-refractivity contribution in [3.05, 3.63) is 0 Å². The lowest BCUT2D eigenvalue weighted by molar-refractivity contribution is -0.127. The molecule has 1 saturated carbocycles. The third kappa shape index (κ3) is 1.88. The fourth-order valence-corrected chi connectivity index (χ4v) is 2.37. The zero-order valence-corrected chi connectivity index (χ0v) is 8.63. The van der Waals surface area contributed by atoms with Gasteiger partial charge in [0.1, 0.15) is 5.78 Å². The number of carbonyl (C=O) groups is 1. The Labute approximate surface area is 75.5 Å². The first-order valence-electron chi connectivity index (χ1n) is 5.05. The third-order valence-corrected chi connectivity index (χ3v) is 3.29. The summed E-state index contributed by atoms with van der Waals surface area (Å²) in [4.78, 5) is 11.4. The van der Waals surface area contributed by atoms with Crippen LogP contribution < -0.4 is 0 Å². The molecule has 1 rings (SSSR count). The van der Waals surface area contributed by atoms with E-state index in [9.17, 15) is 4.79 Å². The number of rotatable bonds is 1. The Hall–Kier alpha value is -0.330. The molecule has 12 heavy (non-hydrogen) atoms. The van der Waals surface area contributed by atoms with Gasteiger partial charge in [0.05, 0.1) is 0 Å². The largest absolute Gasteiger partial charge is 0.299 e. The Morgan fingerprint density at radius 1 is 1.33 bits per heavy atom. The number of hydrogen-bond donors (Lipinski definition) is 0. The van der Waals surface area contributed by atoms with Crippen LogP contribution in [0.2, 0.25) is 0 Å². The summed E-state index contributed by atoms with van der Waals surface area (Å²) in [7, 11) is 0. The lowest BCUT2D eigenvalue weighted by Crippen LogP contribution is -2.31. The zero-order chi connectivity index (χ0) is 9.30. The Balaban J connectivity index is 2.61. The first-order valence-corrected chi connectivity index (χ1v) is 5.05. The van der Waals surface area contributed by atoms with Gasteiger partial charge in [0.25, 0.3) is 0 Å². The van der Waals surface area contributed by atoms with Gasteiger partial charge in [-0.25, -0.2) is 0 Å². The van der Waals surface area contributed by atoms with E-state index < -0.39 is 0 Å². The molecule has 1 aliphatic carbocycles. The summed E-state index contributed by atoms with van der Waals surface area (Å²) in [6, 6.07) is 0. The summed E-state index contributed by atoms with van der Waals surface area (Å²) in [5.74, 6) is 2.88. The summed E-state index contributed by atoms with van der Waals surface area (Å²) in [5, 5.41) is 0. The minimum absolute atomic E-state index is 0.314. The maximum Gasteiger partial charge on any atom is 0.135 e. The van der Waals surface area contributed by atoms with E-state index in [1.807, 2.05) is 0 Å². The molecule has 3 unspecified atom stereocenters. The summed E-state index contributed by atoms with van der Waals surface area (Å²) in [6.07, 6.45) is 1.92. The quantitative estimate of drug-likeness (QED) is 0.588. The predicted molar refractivity (Wildman–Crippen MR) is 50.9 cm³/mol. The summed E-state index contributed by atoms with van der Waals surface area (Å²) in [5.41, 5.74) is 0. The minimum atomic E-state index is 0.314. The lowest BCUT2D eigenvalue weighted by Gasteiger charge is -2.34. The molecule has 0 saturated heterocycles. The van der Waals surface area contributed by atoms with Gasteiger partial charge in [-0.2, -0.15) is 0 Å². The maximum absolute atomic E-state index is 11.4. The maximum atomic E-state index is 11.4. The molecule has 1 nitrogen and oxygen atoms in total. The van der Waals surface area contributed by atoms with E-state index in [4.69, 9.17) is 0 Å². The van der Waals surface area contributed by atoms with Crippen molar-refractivity contribution >= 4 is 5.78 Å². The second-order valence-electron chi connectivity index (χ2n) is 4.69. The van der Waals surface area contributed by atoms with Crippen molar-refractivity contribution in [3.8, 4) is 0 Å². The van der Waals surface area contributed by atoms with E-state index >= 15 is 0 Å². The average Bonchev–Trinajstić information content (AvgIpc) is 1.96. The average molecular weight is 168 g/mol. The fourth-order valence-electron chi connectivity index (χ4n) is 2.37. The molecule has 0 radical (unpaired) electrons. The zero-order valence-electron chi connectivity index (χ0n) is 8.63. The summed E-state index contributed by atoms with van der Waals surface area (Å²) < 4.78 is 0. The van der Waals surface area contributed by atoms with Gasteiger partial charge in [0, 0.05) is 12.3 Å². The molecule has 0 aliphatic heterocycles.